The van der Waals surface area contributed by atoms with E-state index in [1.807, 2.05) is 19.9 Å². The summed E-state index contributed by atoms with van der Waals surface area (Å²) in [6, 6.07) is 6.74. The van der Waals surface area contributed by atoms with Crippen LogP contribution >= 0.6 is 0 Å². The van der Waals surface area contributed by atoms with E-state index in [1.54, 1.807) is 18.2 Å². The molecular weight excluding hydrogens is 290 g/mol. The number of hydrogen-bond donors (Lipinski definition) is 1. The zero-order chi connectivity index (χ0) is 15.6. The minimum Gasteiger partial charge on any atom is -0.381 e. The van der Waals surface area contributed by atoms with E-state index < -0.39 is 10.0 Å². The molecule has 0 atom stereocenters. The van der Waals surface area contributed by atoms with Crippen molar-refractivity contribution in [2.75, 3.05) is 19.4 Å². The van der Waals surface area contributed by atoms with Gasteiger partial charge in [0.15, 0.2) is 0 Å². The molecule has 1 N–H and O–H groups in total. The van der Waals surface area contributed by atoms with E-state index >= 15 is 0 Å². The Morgan fingerprint density at radius 1 is 1.29 bits per heavy atom. The van der Waals surface area contributed by atoms with Crippen LogP contribution in [0.4, 0.5) is 5.69 Å². The van der Waals surface area contributed by atoms with Crippen LogP contribution in [0, 0.1) is 13.8 Å². The second kappa shape index (κ2) is 5.87. The molecule has 0 bridgehead atoms. The van der Waals surface area contributed by atoms with Gasteiger partial charge in [-0.2, -0.15) is 0 Å². The van der Waals surface area contributed by atoms with E-state index in [1.165, 1.54) is 18.4 Å². The van der Waals surface area contributed by atoms with Crippen LogP contribution in [-0.2, 0) is 16.6 Å². The molecule has 0 aliphatic rings. The molecule has 0 radical (unpaired) electrons. The number of hydrogen-bond acceptors (Lipinski definition) is 5. The SMILES string of the molecule is Cc1noc(C)c1CNc1cccc(S(=O)(=O)N(C)C)c1. The van der Waals surface area contributed by atoms with Crippen LogP contribution in [0.3, 0.4) is 0 Å². The molecule has 2 rings (SSSR count). The predicted octanol–water partition coefficient (Wildman–Crippen LogP) is 2.15. The number of aromatic nitrogens is 1. The van der Waals surface area contributed by atoms with Crippen LogP contribution in [0.2, 0.25) is 0 Å². The van der Waals surface area contributed by atoms with Crippen molar-refractivity contribution in [2.45, 2.75) is 25.3 Å². The van der Waals surface area contributed by atoms with E-state index in [9.17, 15) is 8.42 Å². The van der Waals surface area contributed by atoms with Crippen LogP contribution in [0.25, 0.3) is 0 Å². The molecule has 0 spiro atoms. The Bertz CT molecular complexity index is 716. The Morgan fingerprint density at radius 2 is 2.00 bits per heavy atom. The van der Waals surface area contributed by atoms with Gasteiger partial charge in [0.2, 0.25) is 10.0 Å². The molecule has 2 aromatic rings. The highest BCUT2D eigenvalue weighted by molar-refractivity contribution is 7.89. The molecule has 6 nitrogen and oxygen atoms in total. The van der Waals surface area contributed by atoms with E-state index in [4.69, 9.17) is 4.52 Å². The summed E-state index contributed by atoms with van der Waals surface area (Å²) in [5.74, 6) is 0.761. The highest BCUT2D eigenvalue weighted by atomic mass is 32.2. The van der Waals surface area contributed by atoms with Crippen LogP contribution in [0.15, 0.2) is 33.7 Å². The average Bonchev–Trinajstić information content (AvgIpc) is 2.76. The van der Waals surface area contributed by atoms with E-state index in [2.05, 4.69) is 10.5 Å². The second-order valence-electron chi connectivity index (χ2n) is 4.97. The number of anilines is 1. The molecule has 0 saturated carbocycles. The monoisotopic (exact) mass is 309 g/mol. The lowest BCUT2D eigenvalue weighted by atomic mass is 10.2. The zero-order valence-corrected chi connectivity index (χ0v) is 13.4. The summed E-state index contributed by atoms with van der Waals surface area (Å²) in [6.07, 6.45) is 0. The topological polar surface area (TPSA) is 75.4 Å². The molecule has 1 aromatic carbocycles. The number of nitrogens with one attached hydrogen (secondary N) is 1. The first-order valence-corrected chi connectivity index (χ1v) is 7.94. The number of benzene rings is 1. The fourth-order valence-corrected chi connectivity index (χ4v) is 2.87. The summed E-state index contributed by atoms with van der Waals surface area (Å²) in [6.45, 7) is 4.26. The summed E-state index contributed by atoms with van der Waals surface area (Å²) in [5, 5.41) is 7.09. The van der Waals surface area contributed by atoms with Crippen molar-refractivity contribution in [3.8, 4) is 0 Å². The first-order chi connectivity index (χ1) is 9.82. The van der Waals surface area contributed by atoms with Gasteiger partial charge in [-0.15, -0.1) is 0 Å². The molecule has 7 heteroatoms. The maximum absolute atomic E-state index is 12.1. The van der Waals surface area contributed by atoms with Crippen LogP contribution in [0.1, 0.15) is 17.0 Å². The number of sulfonamides is 1. The van der Waals surface area contributed by atoms with Crippen LogP contribution in [0.5, 0.6) is 0 Å². The minimum absolute atomic E-state index is 0.260. The lowest BCUT2D eigenvalue weighted by Gasteiger charge is -2.13. The van der Waals surface area contributed by atoms with E-state index in [0.717, 1.165) is 22.7 Å². The molecule has 1 heterocycles. The van der Waals surface area contributed by atoms with Crippen molar-refractivity contribution in [1.29, 1.82) is 0 Å². The third kappa shape index (κ3) is 3.25. The van der Waals surface area contributed by atoms with Gasteiger partial charge in [0, 0.05) is 31.9 Å². The maximum atomic E-state index is 12.1. The van der Waals surface area contributed by atoms with Gasteiger partial charge in [0.05, 0.1) is 10.6 Å². The molecule has 0 aliphatic carbocycles. The number of aryl methyl sites for hydroxylation is 2. The summed E-state index contributed by atoms with van der Waals surface area (Å²) in [7, 11) is -0.399. The largest absolute Gasteiger partial charge is 0.381 e. The Balaban J connectivity index is 2.20. The van der Waals surface area contributed by atoms with Gasteiger partial charge in [0.1, 0.15) is 5.76 Å². The molecule has 0 fully saturated rings. The van der Waals surface area contributed by atoms with Gasteiger partial charge >= 0.3 is 0 Å². The smallest absolute Gasteiger partial charge is 0.242 e. The van der Waals surface area contributed by atoms with Crippen LogP contribution < -0.4 is 5.32 Å². The average molecular weight is 309 g/mol. The quantitative estimate of drug-likeness (QED) is 0.916. The third-order valence-corrected chi connectivity index (χ3v) is 5.07. The zero-order valence-electron chi connectivity index (χ0n) is 12.5. The van der Waals surface area contributed by atoms with Gasteiger partial charge < -0.3 is 9.84 Å². The molecule has 0 aliphatic heterocycles. The fraction of sp³-hybridized carbons (Fsp3) is 0.357. The highest BCUT2D eigenvalue weighted by Gasteiger charge is 2.17. The predicted molar refractivity (Wildman–Crippen MR) is 80.6 cm³/mol. The molecular formula is C14H19N3O3S. The van der Waals surface area contributed by atoms with E-state index in [0.29, 0.717) is 6.54 Å². The highest BCUT2D eigenvalue weighted by Crippen LogP contribution is 2.20. The van der Waals surface area contributed by atoms with Gasteiger partial charge in [-0.05, 0) is 32.0 Å². The van der Waals surface area contributed by atoms with E-state index in [-0.39, 0.29) is 4.90 Å². The maximum Gasteiger partial charge on any atom is 0.242 e. The van der Waals surface area contributed by atoms with Gasteiger partial charge in [-0.1, -0.05) is 11.2 Å². The van der Waals surface area contributed by atoms with Gasteiger partial charge in [0.25, 0.3) is 0 Å². The van der Waals surface area contributed by atoms with Gasteiger partial charge in [-0.3, -0.25) is 0 Å². The standard InChI is InChI=1S/C14H19N3O3S/c1-10-14(11(2)20-16-10)9-15-12-6-5-7-13(8-12)21(18,19)17(3)4/h5-8,15H,9H2,1-4H3. The molecule has 0 amide bonds. The van der Waals surface area contributed by atoms with Crippen molar-refractivity contribution in [3.05, 3.63) is 41.3 Å². The number of rotatable bonds is 5. The molecule has 0 saturated heterocycles. The third-order valence-electron chi connectivity index (χ3n) is 3.26. The summed E-state index contributed by atoms with van der Waals surface area (Å²) in [4.78, 5) is 0.260. The molecule has 1 aromatic heterocycles. The summed E-state index contributed by atoms with van der Waals surface area (Å²) in [5.41, 5.74) is 2.55. The van der Waals surface area contributed by atoms with Crippen molar-refractivity contribution in [1.82, 2.24) is 9.46 Å². The van der Waals surface area contributed by atoms with Crippen molar-refractivity contribution in [3.63, 3.8) is 0 Å². The van der Waals surface area contributed by atoms with Crippen molar-refractivity contribution in [2.24, 2.45) is 0 Å². The Labute approximate surface area is 124 Å². The summed E-state index contributed by atoms with van der Waals surface area (Å²) < 4.78 is 30.5. The lowest BCUT2D eigenvalue weighted by molar-refractivity contribution is 0.392. The molecule has 21 heavy (non-hydrogen) atoms. The van der Waals surface area contributed by atoms with Crippen molar-refractivity contribution < 1.29 is 12.9 Å². The normalized spacial score (nSPS) is 11.9. The first kappa shape index (κ1) is 15.5. The van der Waals surface area contributed by atoms with Crippen LogP contribution in [-0.4, -0.2) is 32.0 Å². The fourth-order valence-electron chi connectivity index (χ4n) is 1.92. The van der Waals surface area contributed by atoms with Crippen molar-refractivity contribution >= 4 is 15.7 Å². The Hall–Kier alpha value is -1.86. The van der Waals surface area contributed by atoms with Gasteiger partial charge in [-0.25, -0.2) is 12.7 Å². The second-order valence-corrected chi connectivity index (χ2v) is 7.12. The molecule has 0 unspecified atom stereocenters. The minimum atomic E-state index is -3.43. The summed E-state index contributed by atoms with van der Waals surface area (Å²) >= 11 is 0. The first-order valence-electron chi connectivity index (χ1n) is 6.50. The Kier molecular flexibility index (Phi) is 4.34. The lowest BCUT2D eigenvalue weighted by Crippen LogP contribution is -2.22. The number of nitrogens with zero attached hydrogens (tertiary/aromatic N) is 2. The Morgan fingerprint density at radius 3 is 2.57 bits per heavy atom. The molecule has 114 valence electrons.